The minimum atomic E-state index is -4.54. The average molecular weight is 417 g/mol. The number of alkyl halides is 3. The van der Waals surface area contributed by atoms with Crippen molar-refractivity contribution in [2.75, 3.05) is 25.0 Å². The maximum Gasteiger partial charge on any atom is 0.405 e. The molecule has 3 aromatic heterocycles. The van der Waals surface area contributed by atoms with E-state index in [0.717, 1.165) is 11.1 Å². The van der Waals surface area contributed by atoms with Crippen molar-refractivity contribution in [2.24, 2.45) is 0 Å². The fourth-order valence-corrected chi connectivity index (χ4v) is 2.62. The van der Waals surface area contributed by atoms with Gasteiger partial charge in [-0.25, -0.2) is 19.3 Å². The van der Waals surface area contributed by atoms with E-state index in [1.54, 1.807) is 17.6 Å². The number of H-pyrrole nitrogens is 1. The van der Waals surface area contributed by atoms with Crippen molar-refractivity contribution in [1.29, 1.82) is 0 Å². The third kappa shape index (κ3) is 4.47. The molecule has 0 atom stereocenters. The summed E-state index contributed by atoms with van der Waals surface area (Å²) in [6, 6.07) is 1.64. The predicted molar refractivity (Wildman–Crippen MR) is 94.4 cm³/mol. The standard InChI is InChI=1S/C16H13ClF4N6O/c1-27(6-12(28)25-7-16(19,20)21)15-11(18)5-24-14(26-15)10-4-23-13-9(10)2-8(17)3-22-13/h2-5H,6-7H2,1H3,(H,22,23)(H,25,28). The number of nitrogens with zero attached hydrogens (tertiary/aromatic N) is 4. The molecule has 148 valence electrons. The number of likely N-dealkylation sites (N-methyl/N-ethyl adjacent to an activating group) is 1. The van der Waals surface area contributed by atoms with Crippen molar-refractivity contribution in [3.8, 4) is 11.4 Å². The summed E-state index contributed by atoms with van der Waals surface area (Å²) in [5, 5.41) is 2.71. The number of carbonyl (C=O) groups is 1. The maximum absolute atomic E-state index is 14.1. The van der Waals surface area contributed by atoms with Gasteiger partial charge >= 0.3 is 6.18 Å². The molecule has 0 aliphatic heterocycles. The predicted octanol–water partition coefficient (Wildman–Crippen LogP) is 2.93. The smallest absolute Gasteiger partial charge is 0.348 e. The molecule has 28 heavy (non-hydrogen) atoms. The number of nitrogens with one attached hydrogen (secondary N) is 2. The Morgan fingerprint density at radius 1 is 1.32 bits per heavy atom. The molecule has 0 spiro atoms. The molecular weight excluding hydrogens is 404 g/mol. The molecule has 3 rings (SSSR count). The van der Waals surface area contributed by atoms with Gasteiger partial charge in [-0.2, -0.15) is 13.2 Å². The van der Waals surface area contributed by atoms with Gasteiger partial charge < -0.3 is 15.2 Å². The lowest BCUT2D eigenvalue weighted by Crippen LogP contribution is -2.40. The normalized spacial score (nSPS) is 11.6. The van der Waals surface area contributed by atoms with Crippen LogP contribution in [0, 0.1) is 5.82 Å². The van der Waals surface area contributed by atoms with Crippen molar-refractivity contribution in [2.45, 2.75) is 6.18 Å². The van der Waals surface area contributed by atoms with E-state index in [2.05, 4.69) is 19.9 Å². The summed E-state index contributed by atoms with van der Waals surface area (Å²) < 4.78 is 50.7. The molecule has 1 amide bonds. The van der Waals surface area contributed by atoms with Gasteiger partial charge in [-0.15, -0.1) is 0 Å². The Labute approximate surface area is 160 Å². The SMILES string of the molecule is CN(CC(=O)NCC(F)(F)F)c1nc(-c2c[nH]c3ncc(Cl)cc23)ncc1F. The van der Waals surface area contributed by atoms with Crippen LogP contribution >= 0.6 is 11.6 Å². The molecule has 2 N–H and O–H groups in total. The van der Waals surface area contributed by atoms with Crippen molar-refractivity contribution in [1.82, 2.24) is 25.3 Å². The van der Waals surface area contributed by atoms with Crippen LogP contribution in [0.2, 0.25) is 5.02 Å². The van der Waals surface area contributed by atoms with Crippen LogP contribution in [0.1, 0.15) is 0 Å². The highest BCUT2D eigenvalue weighted by Gasteiger charge is 2.28. The molecule has 0 unspecified atom stereocenters. The molecule has 12 heteroatoms. The molecule has 0 radical (unpaired) electrons. The van der Waals surface area contributed by atoms with Crippen LogP contribution < -0.4 is 10.2 Å². The van der Waals surface area contributed by atoms with Crippen LogP contribution in [0.15, 0.2) is 24.7 Å². The first-order chi connectivity index (χ1) is 13.1. The van der Waals surface area contributed by atoms with E-state index in [1.165, 1.54) is 13.2 Å². The number of amides is 1. The van der Waals surface area contributed by atoms with Crippen molar-refractivity contribution < 1.29 is 22.4 Å². The molecule has 0 bridgehead atoms. The molecule has 3 aromatic rings. The fourth-order valence-electron chi connectivity index (χ4n) is 2.46. The molecule has 7 nitrogen and oxygen atoms in total. The minimum absolute atomic E-state index is 0.134. The Bertz CT molecular complexity index is 1020. The summed E-state index contributed by atoms with van der Waals surface area (Å²) in [6.07, 6.45) is -0.597. The number of aromatic amines is 1. The Balaban J connectivity index is 1.85. The lowest BCUT2D eigenvalue weighted by atomic mass is 10.2. The van der Waals surface area contributed by atoms with Crippen LogP contribution in [-0.2, 0) is 4.79 Å². The number of carbonyl (C=O) groups excluding carboxylic acids is 1. The molecule has 0 saturated heterocycles. The van der Waals surface area contributed by atoms with Crippen LogP contribution in [-0.4, -0.2) is 52.2 Å². The number of anilines is 1. The third-order valence-electron chi connectivity index (χ3n) is 3.69. The van der Waals surface area contributed by atoms with Crippen LogP contribution in [0.4, 0.5) is 23.4 Å². The largest absolute Gasteiger partial charge is 0.405 e. The molecule has 0 fully saturated rings. The average Bonchev–Trinajstić information content (AvgIpc) is 3.02. The number of aromatic nitrogens is 4. The van der Waals surface area contributed by atoms with Gasteiger partial charge in [0.15, 0.2) is 17.5 Å². The van der Waals surface area contributed by atoms with Gasteiger partial charge in [0.05, 0.1) is 17.8 Å². The lowest BCUT2D eigenvalue weighted by Gasteiger charge is -2.19. The van der Waals surface area contributed by atoms with Crippen LogP contribution in [0.3, 0.4) is 0 Å². The van der Waals surface area contributed by atoms with E-state index < -0.39 is 31.0 Å². The Hall–Kier alpha value is -2.95. The van der Waals surface area contributed by atoms with E-state index >= 15 is 0 Å². The van der Waals surface area contributed by atoms with Crippen molar-refractivity contribution in [3.63, 3.8) is 0 Å². The number of pyridine rings is 1. The first-order valence-corrected chi connectivity index (χ1v) is 8.22. The zero-order valence-corrected chi connectivity index (χ0v) is 15.1. The van der Waals surface area contributed by atoms with Crippen LogP contribution in [0.5, 0.6) is 0 Å². The topological polar surface area (TPSA) is 86.8 Å². The number of hydrogen-bond acceptors (Lipinski definition) is 5. The first-order valence-electron chi connectivity index (χ1n) is 7.84. The molecule has 0 aliphatic carbocycles. The van der Waals surface area contributed by atoms with Gasteiger partial charge in [-0.3, -0.25) is 4.79 Å². The highest BCUT2D eigenvalue weighted by molar-refractivity contribution is 6.31. The molecule has 3 heterocycles. The monoisotopic (exact) mass is 416 g/mol. The zero-order chi connectivity index (χ0) is 20.5. The first kappa shape index (κ1) is 19.8. The number of halogens is 5. The van der Waals surface area contributed by atoms with Crippen LogP contribution in [0.25, 0.3) is 22.4 Å². The molecule has 0 aromatic carbocycles. The van der Waals surface area contributed by atoms with Gasteiger partial charge in [0.25, 0.3) is 0 Å². The summed E-state index contributed by atoms with van der Waals surface area (Å²) in [7, 11) is 1.33. The Morgan fingerprint density at radius 3 is 2.79 bits per heavy atom. The van der Waals surface area contributed by atoms with Gasteiger partial charge in [-0.1, -0.05) is 11.6 Å². The molecule has 0 aliphatic rings. The van der Waals surface area contributed by atoms with Gasteiger partial charge in [0, 0.05) is 30.4 Å². The highest BCUT2D eigenvalue weighted by Crippen LogP contribution is 2.28. The Kier molecular flexibility index (Phi) is 5.36. The van der Waals surface area contributed by atoms with Crippen molar-refractivity contribution >= 4 is 34.4 Å². The highest BCUT2D eigenvalue weighted by atomic mass is 35.5. The van der Waals surface area contributed by atoms with E-state index in [9.17, 15) is 22.4 Å². The summed E-state index contributed by atoms with van der Waals surface area (Å²) in [4.78, 5) is 27.8. The number of fused-ring (bicyclic) bond motifs is 1. The summed E-state index contributed by atoms with van der Waals surface area (Å²) in [5.41, 5.74) is 1.02. The lowest BCUT2D eigenvalue weighted by molar-refractivity contribution is -0.137. The van der Waals surface area contributed by atoms with E-state index in [0.29, 0.717) is 21.6 Å². The molecule has 0 saturated carbocycles. The van der Waals surface area contributed by atoms with Gasteiger partial charge in [0.2, 0.25) is 5.91 Å². The van der Waals surface area contributed by atoms with Gasteiger partial charge in [-0.05, 0) is 6.07 Å². The maximum atomic E-state index is 14.1. The Morgan fingerprint density at radius 2 is 2.07 bits per heavy atom. The van der Waals surface area contributed by atoms with E-state index in [-0.39, 0.29) is 11.6 Å². The second-order valence-electron chi connectivity index (χ2n) is 5.87. The molecular formula is C16H13ClF4N6O. The van der Waals surface area contributed by atoms with E-state index in [1.807, 2.05) is 0 Å². The minimum Gasteiger partial charge on any atom is -0.348 e. The van der Waals surface area contributed by atoms with Gasteiger partial charge in [0.1, 0.15) is 12.2 Å². The summed E-state index contributed by atoms with van der Waals surface area (Å²) >= 11 is 5.95. The summed E-state index contributed by atoms with van der Waals surface area (Å²) in [5.74, 6) is -1.86. The number of hydrogen-bond donors (Lipinski definition) is 2. The zero-order valence-electron chi connectivity index (χ0n) is 14.3. The fraction of sp³-hybridized carbons (Fsp3) is 0.250. The summed E-state index contributed by atoms with van der Waals surface area (Å²) in [6.45, 7) is -2.00. The third-order valence-corrected chi connectivity index (χ3v) is 3.90. The van der Waals surface area contributed by atoms with E-state index in [4.69, 9.17) is 11.6 Å². The second-order valence-corrected chi connectivity index (χ2v) is 6.30. The number of rotatable bonds is 5. The van der Waals surface area contributed by atoms with Crippen molar-refractivity contribution in [3.05, 3.63) is 35.5 Å². The second kappa shape index (κ2) is 7.58. The quantitative estimate of drug-likeness (QED) is 0.624.